The molecule has 0 aromatic rings. The Hall–Kier alpha value is -0.950. The number of likely N-dealkylation sites (tertiary alicyclic amines) is 1. The predicted molar refractivity (Wildman–Crippen MR) is 83.7 cm³/mol. The Labute approximate surface area is 130 Å². The highest BCUT2D eigenvalue weighted by Gasteiger charge is 2.32. The Morgan fingerprint density at radius 2 is 2.14 bits per heavy atom. The summed E-state index contributed by atoms with van der Waals surface area (Å²) in [6.07, 6.45) is 1.17. The molecule has 7 heteroatoms. The second-order valence-corrected chi connectivity index (χ2v) is 7.25. The Bertz CT molecular complexity index is 394. The third-order valence-electron chi connectivity index (χ3n) is 4.23. The summed E-state index contributed by atoms with van der Waals surface area (Å²) in [4.78, 5) is 29.4. The first-order valence-corrected chi connectivity index (χ1v) is 8.62. The number of carbonyl (C=O) groups is 2. The van der Waals surface area contributed by atoms with E-state index in [1.54, 1.807) is 21.6 Å². The standard InChI is InChI=1S/C14H25N3O3S/c1-15-4-3-11(8-15)9-16(2)14(20)17-5-6-21-10-12(17)7-13(18)19/h11-12H,3-10H2,1-2H3,(H,18,19). The quantitative estimate of drug-likeness (QED) is 0.834. The van der Waals surface area contributed by atoms with Gasteiger partial charge in [0.1, 0.15) is 0 Å². The molecule has 2 rings (SSSR count). The van der Waals surface area contributed by atoms with E-state index in [9.17, 15) is 9.59 Å². The van der Waals surface area contributed by atoms with Gasteiger partial charge in [0.15, 0.2) is 0 Å². The van der Waals surface area contributed by atoms with Gasteiger partial charge in [-0.15, -0.1) is 0 Å². The van der Waals surface area contributed by atoms with Crippen molar-refractivity contribution in [3.63, 3.8) is 0 Å². The molecule has 2 aliphatic rings. The molecule has 0 saturated carbocycles. The van der Waals surface area contributed by atoms with Crippen molar-refractivity contribution < 1.29 is 14.7 Å². The van der Waals surface area contributed by atoms with Crippen LogP contribution >= 0.6 is 11.8 Å². The van der Waals surface area contributed by atoms with Crippen LogP contribution in [0.4, 0.5) is 4.79 Å². The van der Waals surface area contributed by atoms with Gasteiger partial charge in [0.25, 0.3) is 0 Å². The van der Waals surface area contributed by atoms with E-state index in [-0.39, 0.29) is 18.5 Å². The minimum absolute atomic E-state index is 0.0175. The molecule has 120 valence electrons. The number of carboxylic acid groups (broad SMARTS) is 1. The fourth-order valence-corrected chi connectivity index (χ4v) is 4.20. The van der Waals surface area contributed by atoms with Crippen LogP contribution in [0.2, 0.25) is 0 Å². The number of thioether (sulfide) groups is 1. The van der Waals surface area contributed by atoms with Crippen molar-refractivity contribution in [2.45, 2.75) is 18.9 Å². The lowest BCUT2D eigenvalue weighted by atomic mass is 10.1. The van der Waals surface area contributed by atoms with Crippen molar-refractivity contribution in [2.75, 3.05) is 51.8 Å². The topological polar surface area (TPSA) is 64.1 Å². The first kappa shape index (κ1) is 16.4. The molecule has 2 saturated heterocycles. The van der Waals surface area contributed by atoms with Gasteiger partial charge in [0.2, 0.25) is 0 Å². The van der Waals surface area contributed by atoms with Crippen LogP contribution in [0.25, 0.3) is 0 Å². The third-order valence-corrected chi connectivity index (χ3v) is 5.32. The van der Waals surface area contributed by atoms with Crippen molar-refractivity contribution in [1.82, 2.24) is 14.7 Å². The van der Waals surface area contributed by atoms with Gasteiger partial charge in [0, 0.05) is 38.2 Å². The molecular formula is C14H25N3O3S. The molecular weight excluding hydrogens is 290 g/mol. The highest BCUT2D eigenvalue weighted by Crippen LogP contribution is 2.21. The lowest BCUT2D eigenvalue weighted by Gasteiger charge is -2.37. The van der Waals surface area contributed by atoms with Crippen LogP contribution in [-0.4, -0.2) is 89.6 Å². The number of aliphatic carboxylic acids is 1. The Morgan fingerprint density at radius 3 is 2.76 bits per heavy atom. The zero-order valence-electron chi connectivity index (χ0n) is 12.8. The molecule has 2 unspecified atom stereocenters. The Kier molecular flexibility index (Phi) is 5.75. The SMILES string of the molecule is CN1CCC(CN(C)C(=O)N2CCSCC2CC(=O)O)C1. The monoisotopic (exact) mass is 315 g/mol. The average Bonchev–Trinajstić information content (AvgIpc) is 2.83. The van der Waals surface area contributed by atoms with Crippen LogP contribution < -0.4 is 0 Å². The van der Waals surface area contributed by atoms with Gasteiger partial charge in [-0.1, -0.05) is 0 Å². The summed E-state index contributed by atoms with van der Waals surface area (Å²) in [6, 6.07) is -0.196. The Balaban J connectivity index is 1.91. The molecule has 0 bridgehead atoms. The second kappa shape index (κ2) is 7.35. The van der Waals surface area contributed by atoms with Crippen molar-refractivity contribution in [2.24, 2.45) is 5.92 Å². The maximum Gasteiger partial charge on any atom is 0.320 e. The molecule has 0 radical (unpaired) electrons. The molecule has 2 fully saturated rings. The van der Waals surface area contributed by atoms with Gasteiger partial charge in [0.05, 0.1) is 12.5 Å². The lowest BCUT2D eigenvalue weighted by Crippen LogP contribution is -2.52. The molecule has 0 aromatic carbocycles. The highest BCUT2D eigenvalue weighted by molar-refractivity contribution is 7.99. The van der Waals surface area contributed by atoms with Crippen LogP contribution in [0.3, 0.4) is 0 Å². The van der Waals surface area contributed by atoms with E-state index in [0.717, 1.165) is 37.6 Å². The van der Waals surface area contributed by atoms with E-state index in [1.165, 1.54) is 0 Å². The summed E-state index contributed by atoms with van der Waals surface area (Å²) in [5.74, 6) is 1.31. The molecule has 2 aliphatic heterocycles. The van der Waals surface area contributed by atoms with Crippen molar-refractivity contribution >= 4 is 23.8 Å². The minimum atomic E-state index is -0.833. The van der Waals surface area contributed by atoms with Crippen molar-refractivity contribution in [3.05, 3.63) is 0 Å². The molecule has 1 N–H and O–H groups in total. The smallest absolute Gasteiger partial charge is 0.320 e. The molecule has 0 aromatic heterocycles. The lowest BCUT2D eigenvalue weighted by molar-refractivity contribution is -0.138. The maximum atomic E-state index is 12.6. The van der Waals surface area contributed by atoms with Gasteiger partial charge in [-0.25, -0.2) is 4.79 Å². The molecule has 0 spiro atoms. The van der Waals surface area contributed by atoms with E-state index in [1.807, 2.05) is 7.05 Å². The number of amides is 2. The Morgan fingerprint density at radius 1 is 1.38 bits per heavy atom. The molecule has 2 amide bonds. The number of urea groups is 1. The summed E-state index contributed by atoms with van der Waals surface area (Å²) in [7, 11) is 3.94. The van der Waals surface area contributed by atoms with Crippen molar-refractivity contribution in [3.8, 4) is 0 Å². The van der Waals surface area contributed by atoms with Crippen molar-refractivity contribution in [1.29, 1.82) is 0 Å². The first-order valence-electron chi connectivity index (χ1n) is 7.47. The summed E-state index contributed by atoms with van der Waals surface area (Å²) >= 11 is 1.73. The number of hydrogen-bond acceptors (Lipinski definition) is 4. The van der Waals surface area contributed by atoms with Crippen LogP contribution in [0, 0.1) is 5.92 Å². The van der Waals surface area contributed by atoms with Gasteiger partial charge in [-0.2, -0.15) is 11.8 Å². The van der Waals surface area contributed by atoms with E-state index in [0.29, 0.717) is 12.5 Å². The summed E-state index contributed by atoms with van der Waals surface area (Å²) in [5, 5.41) is 9.00. The zero-order chi connectivity index (χ0) is 15.4. The first-order chi connectivity index (χ1) is 9.97. The molecule has 2 heterocycles. The predicted octanol–water partition coefficient (Wildman–Crippen LogP) is 0.882. The van der Waals surface area contributed by atoms with Gasteiger partial charge < -0.3 is 19.8 Å². The largest absolute Gasteiger partial charge is 0.481 e. The number of carboxylic acids is 1. The zero-order valence-corrected chi connectivity index (χ0v) is 13.6. The van der Waals surface area contributed by atoms with Crippen LogP contribution in [0.1, 0.15) is 12.8 Å². The average molecular weight is 315 g/mol. The number of carbonyl (C=O) groups excluding carboxylic acids is 1. The van der Waals surface area contributed by atoms with E-state index < -0.39 is 5.97 Å². The van der Waals surface area contributed by atoms with Gasteiger partial charge in [-0.3, -0.25) is 4.79 Å². The summed E-state index contributed by atoms with van der Waals surface area (Å²) < 4.78 is 0. The summed E-state index contributed by atoms with van der Waals surface area (Å²) in [6.45, 7) is 3.53. The third kappa shape index (κ3) is 4.51. The van der Waals surface area contributed by atoms with E-state index in [4.69, 9.17) is 5.11 Å². The maximum absolute atomic E-state index is 12.6. The fraction of sp³-hybridized carbons (Fsp3) is 0.857. The van der Waals surface area contributed by atoms with Gasteiger partial charge >= 0.3 is 12.0 Å². The molecule has 6 nitrogen and oxygen atoms in total. The van der Waals surface area contributed by atoms with Crippen LogP contribution in [0.15, 0.2) is 0 Å². The normalized spacial score (nSPS) is 26.9. The van der Waals surface area contributed by atoms with E-state index >= 15 is 0 Å². The minimum Gasteiger partial charge on any atom is -0.481 e. The molecule has 21 heavy (non-hydrogen) atoms. The molecule has 0 aliphatic carbocycles. The number of nitrogens with zero attached hydrogens (tertiary/aromatic N) is 3. The van der Waals surface area contributed by atoms with Crippen LogP contribution in [-0.2, 0) is 4.79 Å². The van der Waals surface area contributed by atoms with Crippen LogP contribution in [0.5, 0.6) is 0 Å². The fourth-order valence-electron chi connectivity index (χ4n) is 3.14. The second-order valence-electron chi connectivity index (χ2n) is 6.10. The molecule has 2 atom stereocenters. The summed E-state index contributed by atoms with van der Waals surface area (Å²) in [5.41, 5.74) is 0. The highest BCUT2D eigenvalue weighted by atomic mass is 32.2. The van der Waals surface area contributed by atoms with Gasteiger partial charge in [-0.05, 0) is 25.9 Å². The van der Waals surface area contributed by atoms with E-state index in [2.05, 4.69) is 11.9 Å². The number of hydrogen-bond donors (Lipinski definition) is 1. The number of rotatable bonds is 4.